The van der Waals surface area contributed by atoms with Crippen LogP contribution in [0.5, 0.6) is 0 Å². The van der Waals surface area contributed by atoms with E-state index in [1.54, 1.807) is 18.2 Å². The molecule has 0 aromatic heterocycles. The van der Waals surface area contributed by atoms with E-state index in [9.17, 15) is 8.42 Å². The fraction of sp³-hybridized carbons (Fsp3) is 0.600. The number of nitrogens with one attached hydrogen (secondary N) is 1. The minimum Gasteiger partial charge on any atom is -0.301 e. The van der Waals surface area contributed by atoms with E-state index < -0.39 is 10.0 Å². The van der Waals surface area contributed by atoms with Crippen molar-refractivity contribution >= 4 is 26.0 Å². The van der Waals surface area contributed by atoms with Crippen LogP contribution in [0.4, 0.5) is 0 Å². The van der Waals surface area contributed by atoms with Crippen LogP contribution in [-0.4, -0.2) is 38.5 Å². The predicted molar refractivity (Wildman–Crippen MR) is 88.9 cm³/mol. The van der Waals surface area contributed by atoms with Crippen molar-refractivity contribution in [2.24, 2.45) is 0 Å². The van der Waals surface area contributed by atoms with Crippen molar-refractivity contribution in [1.82, 2.24) is 9.62 Å². The van der Waals surface area contributed by atoms with Crippen molar-refractivity contribution in [3.63, 3.8) is 0 Å². The highest BCUT2D eigenvalue weighted by Gasteiger charge is 2.25. The summed E-state index contributed by atoms with van der Waals surface area (Å²) in [5.74, 6) is 0. The largest absolute Gasteiger partial charge is 0.301 e. The summed E-state index contributed by atoms with van der Waals surface area (Å²) in [6.07, 6.45) is 1.74. The summed E-state index contributed by atoms with van der Waals surface area (Å²) in [7, 11) is -3.43. The highest BCUT2D eigenvalue weighted by Crippen LogP contribution is 2.21. The van der Waals surface area contributed by atoms with Gasteiger partial charge in [-0.25, -0.2) is 13.1 Å². The molecule has 0 radical (unpaired) electrons. The molecule has 1 N–H and O–H groups in total. The summed E-state index contributed by atoms with van der Waals surface area (Å²) < 4.78 is 28.6. The van der Waals surface area contributed by atoms with Crippen LogP contribution in [0.3, 0.4) is 0 Å². The van der Waals surface area contributed by atoms with E-state index in [1.165, 1.54) is 0 Å². The molecule has 0 bridgehead atoms. The minimum atomic E-state index is -3.43. The fourth-order valence-electron chi connectivity index (χ4n) is 2.61. The van der Waals surface area contributed by atoms with Crippen molar-refractivity contribution in [3.05, 3.63) is 28.2 Å². The van der Waals surface area contributed by atoms with Crippen molar-refractivity contribution in [3.8, 4) is 0 Å². The van der Waals surface area contributed by atoms with Crippen LogP contribution < -0.4 is 4.72 Å². The van der Waals surface area contributed by atoms with Crippen molar-refractivity contribution in [2.75, 3.05) is 13.1 Å². The minimum absolute atomic E-state index is 0.0361. The summed E-state index contributed by atoms with van der Waals surface area (Å²) in [4.78, 5) is 2.73. The van der Waals surface area contributed by atoms with E-state index in [4.69, 9.17) is 0 Å². The van der Waals surface area contributed by atoms with Crippen LogP contribution in [0.1, 0.15) is 32.3 Å². The molecule has 118 valence electrons. The van der Waals surface area contributed by atoms with Gasteiger partial charge in [-0.2, -0.15) is 0 Å². The number of sulfonamides is 1. The number of hydrogen-bond acceptors (Lipinski definition) is 3. The summed E-state index contributed by atoms with van der Waals surface area (Å²) in [5, 5.41) is 0. The van der Waals surface area contributed by atoms with Gasteiger partial charge >= 0.3 is 0 Å². The topological polar surface area (TPSA) is 49.4 Å². The second kappa shape index (κ2) is 6.77. The first-order valence-electron chi connectivity index (χ1n) is 7.32. The second-order valence-electron chi connectivity index (χ2n) is 5.94. The molecule has 0 spiro atoms. The van der Waals surface area contributed by atoms with Crippen LogP contribution in [0, 0.1) is 6.92 Å². The van der Waals surface area contributed by atoms with Gasteiger partial charge in [-0.05, 0) is 70.5 Å². The Hall–Kier alpha value is -0.430. The Kier molecular flexibility index (Phi) is 5.46. The first kappa shape index (κ1) is 16.9. The van der Waals surface area contributed by atoms with Crippen LogP contribution in [0.25, 0.3) is 0 Å². The normalized spacial score (nSPS) is 18.3. The molecule has 1 aliphatic heterocycles. The van der Waals surface area contributed by atoms with E-state index in [2.05, 4.69) is 39.4 Å². The van der Waals surface area contributed by atoms with E-state index in [0.717, 1.165) is 36.0 Å². The maximum absolute atomic E-state index is 12.4. The van der Waals surface area contributed by atoms with Gasteiger partial charge in [0.2, 0.25) is 10.0 Å². The Morgan fingerprint density at radius 2 is 1.90 bits per heavy atom. The maximum Gasteiger partial charge on any atom is 0.240 e. The van der Waals surface area contributed by atoms with Crippen LogP contribution >= 0.6 is 15.9 Å². The van der Waals surface area contributed by atoms with Gasteiger partial charge in [0.25, 0.3) is 0 Å². The number of nitrogens with zero attached hydrogens (tertiary/aromatic N) is 1. The Bertz CT molecular complexity index is 594. The van der Waals surface area contributed by atoms with Gasteiger partial charge in [-0.15, -0.1) is 0 Å². The lowest BCUT2D eigenvalue weighted by atomic mass is 10.1. The zero-order valence-electron chi connectivity index (χ0n) is 12.8. The molecule has 1 fully saturated rings. The number of hydrogen-bond donors (Lipinski definition) is 1. The number of benzene rings is 1. The zero-order chi connectivity index (χ0) is 15.6. The van der Waals surface area contributed by atoms with Gasteiger partial charge in [0.15, 0.2) is 0 Å². The van der Waals surface area contributed by atoms with Gasteiger partial charge in [-0.1, -0.05) is 15.9 Å². The monoisotopic (exact) mass is 374 g/mol. The lowest BCUT2D eigenvalue weighted by molar-refractivity contribution is 0.168. The predicted octanol–water partition coefficient (Wildman–Crippen LogP) is 2.91. The molecule has 21 heavy (non-hydrogen) atoms. The Labute approximate surface area is 136 Å². The molecule has 1 heterocycles. The molecule has 0 atom stereocenters. The van der Waals surface area contributed by atoms with Crippen molar-refractivity contribution < 1.29 is 8.42 Å². The van der Waals surface area contributed by atoms with Gasteiger partial charge in [0.1, 0.15) is 0 Å². The molecular weight excluding hydrogens is 352 g/mol. The molecule has 1 aromatic rings. The smallest absolute Gasteiger partial charge is 0.240 e. The van der Waals surface area contributed by atoms with E-state index in [0.29, 0.717) is 10.9 Å². The number of aryl methyl sites for hydroxylation is 1. The number of likely N-dealkylation sites (tertiary alicyclic amines) is 1. The molecule has 6 heteroatoms. The van der Waals surface area contributed by atoms with Crippen molar-refractivity contribution in [2.45, 2.75) is 50.6 Å². The van der Waals surface area contributed by atoms with Gasteiger partial charge in [0, 0.05) is 16.6 Å². The lowest BCUT2D eigenvalue weighted by Gasteiger charge is -2.34. The Morgan fingerprint density at radius 3 is 2.43 bits per heavy atom. The molecule has 4 nitrogen and oxygen atoms in total. The number of piperidine rings is 1. The molecule has 1 saturated heterocycles. The van der Waals surface area contributed by atoms with E-state index in [1.807, 2.05) is 6.92 Å². The number of rotatable bonds is 4. The molecule has 0 unspecified atom stereocenters. The summed E-state index contributed by atoms with van der Waals surface area (Å²) >= 11 is 3.39. The molecule has 0 amide bonds. The van der Waals surface area contributed by atoms with Crippen molar-refractivity contribution in [1.29, 1.82) is 0 Å². The highest BCUT2D eigenvalue weighted by atomic mass is 79.9. The first-order valence-corrected chi connectivity index (χ1v) is 9.60. The molecule has 2 rings (SSSR count). The fourth-order valence-corrected chi connectivity index (χ4v) is 4.24. The summed E-state index contributed by atoms with van der Waals surface area (Å²) in [5.41, 5.74) is 0.924. The zero-order valence-corrected chi connectivity index (χ0v) is 15.2. The van der Waals surface area contributed by atoms with Gasteiger partial charge in [0.05, 0.1) is 4.90 Å². The standard InChI is InChI=1S/C15H23BrN2O2S/c1-11(2)18-8-6-13(7-9-18)17-21(19,20)14-4-5-15(16)12(3)10-14/h4-5,10-11,13,17H,6-9H2,1-3H3. The van der Waals surface area contributed by atoms with E-state index in [-0.39, 0.29) is 6.04 Å². The quantitative estimate of drug-likeness (QED) is 0.881. The van der Waals surface area contributed by atoms with Crippen LogP contribution in [0.2, 0.25) is 0 Å². The summed E-state index contributed by atoms with van der Waals surface area (Å²) in [6.45, 7) is 8.14. The third-order valence-electron chi connectivity index (χ3n) is 4.02. The molecule has 0 saturated carbocycles. The van der Waals surface area contributed by atoms with Crippen LogP contribution in [0.15, 0.2) is 27.6 Å². The summed E-state index contributed by atoms with van der Waals surface area (Å²) in [6, 6.07) is 5.69. The van der Waals surface area contributed by atoms with E-state index >= 15 is 0 Å². The average molecular weight is 375 g/mol. The van der Waals surface area contributed by atoms with Gasteiger partial charge in [-0.3, -0.25) is 0 Å². The molecule has 1 aromatic carbocycles. The first-order chi connectivity index (χ1) is 9.79. The number of halogens is 1. The molecule has 1 aliphatic rings. The highest BCUT2D eigenvalue weighted by molar-refractivity contribution is 9.10. The SMILES string of the molecule is Cc1cc(S(=O)(=O)NC2CCN(C(C)C)CC2)ccc1Br. The average Bonchev–Trinajstić information content (AvgIpc) is 2.42. The van der Waals surface area contributed by atoms with Crippen LogP contribution in [-0.2, 0) is 10.0 Å². The Morgan fingerprint density at radius 1 is 1.29 bits per heavy atom. The molecule has 0 aliphatic carbocycles. The van der Waals surface area contributed by atoms with Gasteiger partial charge < -0.3 is 4.90 Å². The second-order valence-corrected chi connectivity index (χ2v) is 8.50. The third-order valence-corrected chi connectivity index (χ3v) is 6.43. The maximum atomic E-state index is 12.4. The third kappa shape index (κ3) is 4.28. The Balaban J connectivity index is 2.03. The molecular formula is C15H23BrN2O2S. The lowest BCUT2D eigenvalue weighted by Crippen LogP contribution is -2.46.